The van der Waals surface area contributed by atoms with Crippen molar-refractivity contribution in [1.29, 1.82) is 0 Å². The van der Waals surface area contributed by atoms with Gasteiger partial charge in [-0.1, -0.05) is 0 Å². The van der Waals surface area contributed by atoms with Gasteiger partial charge in [0.05, 0.1) is 12.7 Å². The second-order valence-corrected chi connectivity index (χ2v) is 3.87. The lowest BCUT2D eigenvalue weighted by molar-refractivity contribution is -0.00213. The summed E-state index contributed by atoms with van der Waals surface area (Å²) < 4.78 is 11.1. The van der Waals surface area contributed by atoms with E-state index < -0.39 is 0 Å². The van der Waals surface area contributed by atoms with E-state index in [9.17, 15) is 0 Å². The third-order valence-electron chi connectivity index (χ3n) is 2.75. The molecule has 2 atom stereocenters. The number of ether oxygens (including phenoxy) is 2. The highest BCUT2D eigenvalue weighted by atomic mass is 16.5. The van der Waals surface area contributed by atoms with Crippen LogP contribution in [0, 0.1) is 0 Å². The van der Waals surface area contributed by atoms with Gasteiger partial charge < -0.3 is 14.8 Å². The molecule has 1 aliphatic heterocycles. The number of rotatable bonds is 6. The van der Waals surface area contributed by atoms with E-state index in [0.29, 0.717) is 12.1 Å². The first kappa shape index (κ1) is 12.0. The Hall–Kier alpha value is -0.120. The Labute approximate surface area is 87.2 Å². The SMILES string of the molecule is CCOCC(CC1CCCCO1)NC. The molecule has 14 heavy (non-hydrogen) atoms. The first-order valence-electron chi connectivity index (χ1n) is 5.73. The van der Waals surface area contributed by atoms with E-state index in [2.05, 4.69) is 5.32 Å². The van der Waals surface area contributed by atoms with Crippen LogP contribution in [0.1, 0.15) is 32.6 Å². The van der Waals surface area contributed by atoms with Crippen molar-refractivity contribution in [2.24, 2.45) is 0 Å². The highest BCUT2D eigenvalue weighted by Gasteiger charge is 2.18. The lowest BCUT2D eigenvalue weighted by atomic mass is 10.0. The third-order valence-corrected chi connectivity index (χ3v) is 2.75. The molecule has 0 radical (unpaired) electrons. The minimum atomic E-state index is 0.443. The average Bonchev–Trinajstić information content (AvgIpc) is 2.25. The van der Waals surface area contributed by atoms with Crippen molar-refractivity contribution in [3.8, 4) is 0 Å². The molecule has 2 unspecified atom stereocenters. The zero-order chi connectivity index (χ0) is 10.2. The van der Waals surface area contributed by atoms with Gasteiger partial charge in [-0.2, -0.15) is 0 Å². The highest BCUT2D eigenvalue weighted by Crippen LogP contribution is 2.17. The summed E-state index contributed by atoms with van der Waals surface area (Å²) in [6.45, 7) is 4.57. The van der Waals surface area contributed by atoms with Gasteiger partial charge in [0.15, 0.2) is 0 Å². The summed E-state index contributed by atoms with van der Waals surface area (Å²) in [5.74, 6) is 0. The second-order valence-electron chi connectivity index (χ2n) is 3.87. The van der Waals surface area contributed by atoms with Crippen LogP contribution in [-0.2, 0) is 9.47 Å². The predicted molar refractivity (Wildman–Crippen MR) is 57.5 cm³/mol. The van der Waals surface area contributed by atoms with Crippen LogP contribution in [0.25, 0.3) is 0 Å². The van der Waals surface area contributed by atoms with Crippen LogP contribution >= 0.6 is 0 Å². The molecule has 1 rings (SSSR count). The Morgan fingerprint density at radius 3 is 2.93 bits per heavy atom. The molecule has 3 heteroatoms. The molecule has 0 aromatic rings. The summed E-state index contributed by atoms with van der Waals surface area (Å²) in [7, 11) is 1.99. The Balaban J connectivity index is 2.16. The fraction of sp³-hybridized carbons (Fsp3) is 1.00. The van der Waals surface area contributed by atoms with Crippen LogP contribution in [0.4, 0.5) is 0 Å². The van der Waals surface area contributed by atoms with Crippen molar-refractivity contribution in [1.82, 2.24) is 5.32 Å². The minimum Gasteiger partial charge on any atom is -0.380 e. The lowest BCUT2D eigenvalue weighted by Gasteiger charge is -2.26. The van der Waals surface area contributed by atoms with E-state index in [0.717, 1.165) is 26.2 Å². The molecule has 1 heterocycles. The van der Waals surface area contributed by atoms with Gasteiger partial charge in [0.2, 0.25) is 0 Å². The summed E-state index contributed by atoms with van der Waals surface area (Å²) in [4.78, 5) is 0. The highest BCUT2D eigenvalue weighted by molar-refractivity contribution is 4.72. The van der Waals surface area contributed by atoms with E-state index in [1.807, 2.05) is 14.0 Å². The van der Waals surface area contributed by atoms with Crippen molar-refractivity contribution in [2.75, 3.05) is 26.9 Å². The molecule has 1 aliphatic rings. The van der Waals surface area contributed by atoms with E-state index in [1.54, 1.807) is 0 Å². The molecule has 0 amide bonds. The summed E-state index contributed by atoms with van der Waals surface area (Å²) in [5, 5.41) is 3.28. The molecule has 1 fully saturated rings. The van der Waals surface area contributed by atoms with Crippen LogP contribution in [-0.4, -0.2) is 39.0 Å². The zero-order valence-electron chi connectivity index (χ0n) is 9.42. The standard InChI is InChI=1S/C11H23NO2/c1-3-13-9-10(12-2)8-11-6-4-5-7-14-11/h10-12H,3-9H2,1-2H3. The zero-order valence-corrected chi connectivity index (χ0v) is 9.42. The summed E-state index contributed by atoms with van der Waals surface area (Å²) in [6.07, 6.45) is 5.28. The molecular weight excluding hydrogens is 178 g/mol. The van der Waals surface area contributed by atoms with Crippen molar-refractivity contribution < 1.29 is 9.47 Å². The number of likely N-dealkylation sites (N-methyl/N-ethyl adjacent to an activating group) is 1. The maximum Gasteiger partial charge on any atom is 0.0620 e. The molecule has 0 saturated carbocycles. The molecule has 0 aromatic heterocycles. The molecule has 84 valence electrons. The topological polar surface area (TPSA) is 30.5 Å². The number of hydrogen-bond acceptors (Lipinski definition) is 3. The molecule has 0 bridgehead atoms. The van der Waals surface area contributed by atoms with Crippen LogP contribution in [0.2, 0.25) is 0 Å². The van der Waals surface area contributed by atoms with E-state index in [1.165, 1.54) is 19.3 Å². The molecule has 3 nitrogen and oxygen atoms in total. The predicted octanol–water partition coefficient (Wildman–Crippen LogP) is 1.57. The number of nitrogens with one attached hydrogen (secondary N) is 1. The Kier molecular flexibility index (Phi) is 6.15. The second kappa shape index (κ2) is 7.21. The van der Waals surface area contributed by atoms with Crippen LogP contribution in [0.5, 0.6) is 0 Å². The van der Waals surface area contributed by atoms with Gasteiger partial charge in [-0.05, 0) is 39.7 Å². The fourth-order valence-corrected chi connectivity index (χ4v) is 1.84. The largest absolute Gasteiger partial charge is 0.380 e. The molecule has 1 saturated heterocycles. The monoisotopic (exact) mass is 201 g/mol. The average molecular weight is 201 g/mol. The van der Waals surface area contributed by atoms with Gasteiger partial charge in [0, 0.05) is 19.3 Å². The Bertz CT molecular complexity index is 135. The fourth-order valence-electron chi connectivity index (χ4n) is 1.84. The van der Waals surface area contributed by atoms with Crippen LogP contribution in [0.3, 0.4) is 0 Å². The van der Waals surface area contributed by atoms with Gasteiger partial charge in [-0.3, -0.25) is 0 Å². The van der Waals surface area contributed by atoms with Gasteiger partial charge in [-0.15, -0.1) is 0 Å². The van der Waals surface area contributed by atoms with Gasteiger partial charge in [0.1, 0.15) is 0 Å². The third kappa shape index (κ3) is 4.40. The first-order valence-corrected chi connectivity index (χ1v) is 5.73. The van der Waals surface area contributed by atoms with Crippen LogP contribution < -0.4 is 5.32 Å². The smallest absolute Gasteiger partial charge is 0.0620 e. The van der Waals surface area contributed by atoms with Gasteiger partial charge in [0.25, 0.3) is 0 Å². The molecule has 0 aliphatic carbocycles. The minimum absolute atomic E-state index is 0.443. The molecule has 1 N–H and O–H groups in total. The lowest BCUT2D eigenvalue weighted by Crippen LogP contribution is -2.36. The summed E-state index contributed by atoms with van der Waals surface area (Å²) >= 11 is 0. The van der Waals surface area contributed by atoms with E-state index in [4.69, 9.17) is 9.47 Å². The van der Waals surface area contributed by atoms with Crippen molar-refractivity contribution in [3.05, 3.63) is 0 Å². The van der Waals surface area contributed by atoms with E-state index in [-0.39, 0.29) is 0 Å². The van der Waals surface area contributed by atoms with Gasteiger partial charge in [-0.25, -0.2) is 0 Å². The maximum absolute atomic E-state index is 5.69. The van der Waals surface area contributed by atoms with Crippen molar-refractivity contribution in [2.45, 2.75) is 44.8 Å². The summed E-state index contributed by atoms with van der Waals surface area (Å²) in [5.41, 5.74) is 0. The van der Waals surface area contributed by atoms with Crippen molar-refractivity contribution >= 4 is 0 Å². The molecular formula is C11H23NO2. The normalized spacial score (nSPS) is 24.9. The van der Waals surface area contributed by atoms with E-state index >= 15 is 0 Å². The van der Waals surface area contributed by atoms with Crippen LogP contribution in [0.15, 0.2) is 0 Å². The van der Waals surface area contributed by atoms with Crippen molar-refractivity contribution in [3.63, 3.8) is 0 Å². The summed E-state index contributed by atoms with van der Waals surface area (Å²) in [6, 6.07) is 0.443. The molecule has 0 spiro atoms. The molecule has 0 aromatic carbocycles. The Morgan fingerprint density at radius 2 is 2.36 bits per heavy atom. The first-order chi connectivity index (χ1) is 6.86. The quantitative estimate of drug-likeness (QED) is 0.707. The maximum atomic E-state index is 5.69. The Morgan fingerprint density at radius 1 is 1.50 bits per heavy atom. The number of hydrogen-bond donors (Lipinski definition) is 1. The van der Waals surface area contributed by atoms with Gasteiger partial charge >= 0.3 is 0 Å².